The summed E-state index contributed by atoms with van der Waals surface area (Å²) in [4.78, 5) is 4.41. The molecule has 1 N–H and O–H groups in total. The topological polar surface area (TPSA) is 43.4 Å². The van der Waals surface area contributed by atoms with Gasteiger partial charge in [0, 0.05) is 24.7 Å². The van der Waals surface area contributed by atoms with E-state index in [-0.39, 0.29) is 6.10 Å². The second kappa shape index (κ2) is 5.36. The van der Waals surface area contributed by atoms with E-state index in [9.17, 15) is 0 Å². The van der Waals surface area contributed by atoms with Crippen LogP contribution in [0.4, 0.5) is 0 Å². The number of fused-ring (bicyclic) bond motifs is 1. The second-order valence-electron chi connectivity index (χ2n) is 4.71. The first-order chi connectivity index (χ1) is 8.16. The first-order valence-electron chi connectivity index (χ1n) is 6.17. The predicted octanol–water partition coefficient (Wildman–Crippen LogP) is 1.99. The minimum absolute atomic E-state index is 0.157. The lowest BCUT2D eigenvalue weighted by Gasteiger charge is -2.18. The van der Waals surface area contributed by atoms with Gasteiger partial charge in [-0.2, -0.15) is 4.98 Å². The molecule has 0 radical (unpaired) electrons. The maximum Gasteiger partial charge on any atom is 0.221 e. The number of ether oxygens (including phenoxy) is 2. The van der Waals surface area contributed by atoms with Crippen LogP contribution in [0.1, 0.15) is 26.3 Å². The Labute approximate surface area is 102 Å². The van der Waals surface area contributed by atoms with Crippen LogP contribution in [0.3, 0.4) is 0 Å². The zero-order valence-electron chi connectivity index (χ0n) is 10.7. The van der Waals surface area contributed by atoms with Crippen molar-refractivity contribution in [3.8, 4) is 11.8 Å². The van der Waals surface area contributed by atoms with Gasteiger partial charge in [0.25, 0.3) is 0 Å². The summed E-state index contributed by atoms with van der Waals surface area (Å²) < 4.78 is 11.3. The molecular weight excluding hydrogens is 216 g/mol. The Bertz CT molecular complexity index is 380. The molecule has 0 spiro atoms. The van der Waals surface area contributed by atoms with Crippen LogP contribution < -0.4 is 14.8 Å². The van der Waals surface area contributed by atoms with Crippen LogP contribution >= 0.6 is 0 Å². The van der Waals surface area contributed by atoms with E-state index in [4.69, 9.17) is 9.47 Å². The fraction of sp³-hybridized carbons (Fsp3) is 0.615. The Morgan fingerprint density at radius 2 is 2.18 bits per heavy atom. The largest absolute Gasteiger partial charge is 0.476 e. The highest BCUT2D eigenvalue weighted by molar-refractivity contribution is 5.31. The average Bonchev–Trinajstić information content (AvgIpc) is 2.53. The molecule has 0 aliphatic carbocycles. The average molecular weight is 236 g/mol. The lowest BCUT2D eigenvalue weighted by molar-refractivity contribution is 0.161. The molecule has 0 aromatic carbocycles. The highest BCUT2D eigenvalue weighted by Gasteiger charge is 2.14. The number of nitrogens with one attached hydrogen (secondary N) is 1. The quantitative estimate of drug-likeness (QED) is 0.871. The Balaban J connectivity index is 2.12. The zero-order valence-corrected chi connectivity index (χ0v) is 10.7. The molecule has 2 rings (SSSR count). The van der Waals surface area contributed by atoms with Crippen molar-refractivity contribution in [1.82, 2.24) is 10.3 Å². The van der Waals surface area contributed by atoms with E-state index >= 15 is 0 Å². The first-order valence-corrected chi connectivity index (χ1v) is 6.17. The van der Waals surface area contributed by atoms with Crippen molar-refractivity contribution in [2.75, 3.05) is 13.2 Å². The van der Waals surface area contributed by atoms with Crippen molar-refractivity contribution < 1.29 is 9.47 Å². The molecule has 0 bridgehead atoms. The highest BCUT2D eigenvalue weighted by Crippen LogP contribution is 2.22. The lowest BCUT2D eigenvalue weighted by atomic mass is 10.1. The summed E-state index contributed by atoms with van der Waals surface area (Å²) in [5, 5.41) is 3.28. The van der Waals surface area contributed by atoms with Gasteiger partial charge in [-0.15, -0.1) is 0 Å². The van der Waals surface area contributed by atoms with Crippen molar-refractivity contribution in [2.24, 2.45) is 5.92 Å². The van der Waals surface area contributed by atoms with Crippen LogP contribution in [0.25, 0.3) is 0 Å². The van der Waals surface area contributed by atoms with Gasteiger partial charge in [-0.05, 0) is 18.9 Å². The van der Waals surface area contributed by atoms with Gasteiger partial charge >= 0.3 is 0 Å². The number of hydrogen-bond acceptors (Lipinski definition) is 4. The van der Waals surface area contributed by atoms with E-state index in [1.807, 2.05) is 12.1 Å². The predicted molar refractivity (Wildman–Crippen MR) is 66.4 cm³/mol. The molecule has 0 saturated heterocycles. The van der Waals surface area contributed by atoms with Gasteiger partial charge in [-0.25, -0.2) is 0 Å². The van der Waals surface area contributed by atoms with E-state index in [1.54, 1.807) is 0 Å². The summed E-state index contributed by atoms with van der Waals surface area (Å²) in [7, 11) is 0. The number of pyridine rings is 1. The fourth-order valence-corrected chi connectivity index (χ4v) is 1.55. The summed E-state index contributed by atoms with van der Waals surface area (Å²) in [5.74, 6) is 1.81. The van der Waals surface area contributed by atoms with Gasteiger partial charge in [-0.3, -0.25) is 0 Å². The van der Waals surface area contributed by atoms with Crippen LogP contribution in [-0.4, -0.2) is 24.2 Å². The number of aromatic nitrogens is 1. The van der Waals surface area contributed by atoms with Gasteiger partial charge in [-0.1, -0.05) is 13.8 Å². The molecule has 1 atom stereocenters. The van der Waals surface area contributed by atoms with Crippen molar-refractivity contribution in [3.05, 3.63) is 17.7 Å². The van der Waals surface area contributed by atoms with E-state index in [2.05, 4.69) is 31.1 Å². The molecule has 0 fully saturated rings. The highest BCUT2D eigenvalue weighted by atomic mass is 16.5. The Kier molecular flexibility index (Phi) is 3.84. The van der Waals surface area contributed by atoms with Crippen LogP contribution in [0, 0.1) is 5.92 Å². The van der Waals surface area contributed by atoms with Gasteiger partial charge in [0.1, 0.15) is 6.61 Å². The van der Waals surface area contributed by atoms with Crippen LogP contribution in [0.5, 0.6) is 11.8 Å². The molecule has 1 aliphatic heterocycles. The molecule has 1 aromatic rings. The van der Waals surface area contributed by atoms with Crippen molar-refractivity contribution >= 4 is 0 Å². The third kappa shape index (κ3) is 3.09. The number of rotatable bonds is 3. The van der Waals surface area contributed by atoms with Gasteiger partial charge in [0.2, 0.25) is 11.8 Å². The summed E-state index contributed by atoms with van der Waals surface area (Å²) >= 11 is 0. The third-order valence-electron chi connectivity index (χ3n) is 2.99. The Hall–Kier alpha value is -1.29. The maximum atomic E-state index is 5.77. The molecule has 0 unspecified atom stereocenters. The van der Waals surface area contributed by atoms with E-state index in [0.29, 0.717) is 24.3 Å². The molecule has 1 aromatic heterocycles. The molecular formula is C13H20N2O2. The smallest absolute Gasteiger partial charge is 0.221 e. The van der Waals surface area contributed by atoms with Crippen LogP contribution in [-0.2, 0) is 6.54 Å². The SMILES string of the molecule is CC(C)[C@@H](C)Oc1ccc2c(n1)OCCNC2. The molecule has 0 amide bonds. The fourth-order valence-electron chi connectivity index (χ4n) is 1.55. The Morgan fingerprint density at radius 3 is 2.94 bits per heavy atom. The van der Waals surface area contributed by atoms with Crippen LogP contribution in [0.15, 0.2) is 12.1 Å². The molecule has 4 nitrogen and oxygen atoms in total. The summed E-state index contributed by atoms with van der Waals surface area (Å²) in [5.41, 5.74) is 1.09. The molecule has 4 heteroatoms. The van der Waals surface area contributed by atoms with Crippen molar-refractivity contribution in [1.29, 1.82) is 0 Å². The van der Waals surface area contributed by atoms with Crippen molar-refractivity contribution in [3.63, 3.8) is 0 Å². The van der Waals surface area contributed by atoms with Crippen LogP contribution in [0.2, 0.25) is 0 Å². The van der Waals surface area contributed by atoms with Gasteiger partial charge < -0.3 is 14.8 Å². The standard InChI is InChI=1S/C13H20N2O2/c1-9(2)10(3)17-12-5-4-11-8-14-6-7-16-13(11)15-12/h4-5,9-10,14H,6-8H2,1-3H3/t10-/m1/s1. The summed E-state index contributed by atoms with van der Waals surface area (Å²) in [6, 6.07) is 3.93. The van der Waals surface area contributed by atoms with E-state index in [1.165, 1.54) is 0 Å². The number of hydrogen-bond donors (Lipinski definition) is 1. The minimum Gasteiger partial charge on any atom is -0.476 e. The normalized spacial score (nSPS) is 16.9. The lowest BCUT2D eigenvalue weighted by Crippen LogP contribution is -2.19. The number of nitrogens with zero attached hydrogens (tertiary/aromatic N) is 1. The van der Waals surface area contributed by atoms with Crippen molar-refractivity contribution in [2.45, 2.75) is 33.4 Å². The minimum atomic E-state index is 0.157. The summed E-state index contributed by atoms with van der Waals surface area (Å²) in [6.45, 7) is 8.64. The second-order valence-corrected chi connectivity index (χ2v) is 4.71. The molecule has 0 saturated carbocycles. The van der Waals surface area contributed by atoms with Gasteiger partial charge in [0.05, 0.1) is 6.10 Å². The first kappa shape index (κ1) is 12.2. The monoisotopic (exact) mass is 236 g/mol. The Morgan fingerprint density at radius 1 is 1.35 bits per heavy atom. The third-order valence-corrected chi connectivity index (χ3v) is 2.99. The maximum absolute atomic E-state index is 5.77. The van der Waals surface area contributed by atoms with E-state index < -0.39 is 0 Å². The molecule has 94 valence electrons. The van der Waals surface area contributed by atoms with E-state index in [0.717, 1.165) is 18.7 Å². The molecule has 17 heavy (non-hydrogen) atoms. The zero-order chi connectivity index (χ0) is 12.3. The van der Waals surface area contributed by atoms with Gasteiger partial charge in [0.15, 0.2) is 0 Å². The molecule has 1 aliphatic rings. The summed E-state index contributed by atoms with van der Waals surface area (Å²) in [6.07, 6.45) is 0.157. The molecule has 2 heterocycles.